The van der Waals surface area contributed by atoms with Crippen molar-refractivity contribution in [3.8, 4) is 0 Å². The molecule has 0 aromatic heterocycles. The lowest BCUT2D eigenvalue weighted by Gasteiger charge is -2.55. The summed E-state index contributed by atoms with van der Waals surface area (Å²) in [5.41, 5.74) is 0.546. The molecule has 0 radical (unpaired) electrons. The van der Waals surface area contributed by atoms with Crippen molar-refractivity contribution in [1.82, 2.24) is 4.90 Å². The lowest BCUT2D eigenvalue weighted by Crippen LogP contribution is -2.63. The molecule has 0 aromatic carbocycles. The first-order valence-corrected chi connectivity index (χ1v) is 7.29. The average Bonchev–Trinajstić information content (AvgIpc) is 2.52. The Kier molecular flexibility index (Phi) is 3.42. The van der Waals surface area contributed by atoms with Crippen LogP contribution < -0.4 is 0 Å². The zero-order valence-corrected chi connectivity index (χ0v) is 10.7. The third-order valence-electron chi connectivity index (χ3n) is 5.04. The van der Waals surface area contributed by atoms with E-state index >= 15 is 0 Å². The van der Waals surface area contributed by atoms with Crippen molar-refractivity contribution in [2.75, 3.05) is 26.3 Å². The number of nitrogens with zero attached hydrogens (tertiary/aromatic N) is 1. The second-order valence-electron chi connectivity index (χ2n) is 6.29. The van der Waals surface area contributed by atoms with Crippen LogP contribution in [0.15, 0.2) is 0 Å². The maximum Gasteiger partial charge on any atom is 0.0695 e. The van der Waals surface area contributed by atoms with Gasteiger partial charge in [-0.3, -0.25) is 4.90 Å². The number of hydrogen-bond acceptors (Lipinski definition) is 3. The quantitative estimate of drug-likeness (QED) is 0.708. The molecule has 98 valence electrons. The fraction of sp³-hybridized carbons (Fsp3) is 1.00. The molecule has 2 atom stereocenters. The molecule has 1 spiro atoms. The van der Waals surface area contributed by atoms with Gasteiger partial charge in [0.25, 0.3) is 0 Å². The van der Waals surface area contributed by atoms with Gasteiger partial charge in [0.2, 0.25) is 0 Å². The van der Waals surface area contributed by atoms with Crippen LogP contribution in [0, 0.1) is 5.41 Å². The van der Waals surface area contributed by atoms with E-state index in [2.05, 4.69) is 4.90 Å². The molecular weight excluding hydrogens is 214 g/mol. The molecule has 3 fully saturated rings. The molecule has 17 heavy (non-hydrogen) atoms. The number of ether oxygens (including phenoxy) is 1. The number of aliphatic hydroxyl groups is 1. The van der Waals surface area contributed by atoms with Crippen LogP contribution in [0.1, 0.15) is 44.9 Å². The van der Waals surface area contributed by atoms with E-state index in [1.165, 1.54) is 51.6 Å². The van der Waals surface area contributed by atoms with Gasteiger partial charge in [-0.15, -0.1) is 0 Å². The molecule has 0 aromatic rings. The largest absolute Gasteiger partial charge is 0.391 e. The Morgan fingerprint density at radius 2 is 1.71 bits per heavy atom. The van der Waals surface area contributed by atoms with Crippen LogP contribution in [-0.4, -0.2) is 48.5 Å². The molecule has 0 bridgehead atoms. The second-order valence-corrected chi connectivity index (χ2v) is 6.29. The smallest absolute Gasteiger partial charge is 0.0695 e. The van der Waals surface area contributed by atoms with Crippen molar-refractivity contribution in [2.24, 2.45) is 5.41 Å². The number of aliphatic hydroxyl groups excluding tert-OH is 1. The predicted molar refractivity (Wildman–Crippen MR) is 66.9 cm³/mol. The van der Waals surface area contributed by atoms with Crippen molar-refractivity contribution < 1.29 is 9.84 Å². The molecule has 3 nitrogen and oxygen atoms in total. The van der Waals surface area contributed by atoms with E-state index in [9.17, 15) is 5.11 Å². The molecule has 1 aliphatic carbocycles. The summed E-state index contributed by atoms with van der Waals surface area (Å²) in [7, 11) is 0. The SMILES string of the molecule is OC1CCCCCC1N1CC2(CCOCC2)C1. The molecule has 2 aliphatic heterocycles. The fourth-order valence-electron chi connectivity index (χ4n) is 3.86. The van der Waals surface area contributed by atoms with Crippen molar-refractivity contribution in [3.63, 3.8) is 0 Å². The van der Waals surface area contributed by atoms with Crippen molar-refractivity contribution >= 4 is 0 Å². The summed E-state index contributed by atoms with van der Waals surface area (Å²) in [6, 6.07) is 0.450. The van der Waals surface area contributed by atoms with Gasteiger partial charge in [0.15, 0.2) is 0 Å². The lowest BCUT2D eigenvalue weighted by atomic mass is 9.72. The van der Waals surface area contributed by atoms with E-state index < -0.39 is 0 Å². The molecule has 3 heteroatoms. The first-order valence-electron chi connectivity index (χ1n) is 7.29. The highest BCUT2D eigenvalue weighted by atomic mass is 16.5. The Morgan fingerprint density at radius 1 is 1.00 bits per heavy atom. The molecule has 0 amide bonds. The van der Waals surface area contributed by atoms with Gasteiger partial charge in [0.05, 0.1) is 6.10 Å². The zero-order chi connectivity index (χ0) is 11.7. The van der Waals surface area contributed by atoms with Crippen molar-refractivity contribution in [2.45, 2.75) is 57.1 Å². The molecule has 2 unspecified atom stereocenters. The van der Waals surface area contributed by atoms with E-state index in [1.807, 2.05) is 0 Å². The van der Waals surface area contributed by atoms with Crippen molar-refractivity contribution in [3.05, 3.63) is 0 Å². The number of rotatable bonds is 1. The highest BCUT2D eigenvalue weighted by Gasteiger charge is 2.47. The third-order valence-corrected chi connectivity index (χ3v) is 5.04. The Bertz CT molecular complexity index is 255. The highest BCUT2D eigenvalue weighted by Crippen LogP contribution is 2.42. The first kappa shape index (κ1) is 11.9. The standard InChI is InChI=1S/C14H25NO2/c16-13-5-3-1-2-4-12(13)15-10-14(11-15)6-8-17-9-7-14/h12-13,16H,1-11H2. The molecular formula is C14H25NO2. The summed E-state index contributed by atoms with van der Waals surface area (Å²) in [5, 5.41) is 10.2. The topological polar surface area (TPSA) is 32.7 Å². The van der Waals surface area contributed by atoms with Crippen LogP contribution >= 0.6 is 0 Å². The van der Waals surface area contributed by atoms with E-state index in [-0.39, 0.29) is 6.10 Å². The van der Waals surface area contributed by atoms with Gasteiger partial charge in [0.1, 0.15) is 0 Å². The molecule has 1 saturated carbocycles. The second kappa shape index (κ2) is 4.87. The van der Waals surface area contributed by atoms with E-state index in [0.29, 0.717) is 11.5 Å². The third kappa shape index (κ3) is 2.38. The normalized spacial score (nSPS) is 38.6. The Labute approximate surface area is 104 Å². The summed E-state index contributed by atoms with van der Waals surface area (Å²) in [6.45, 7) is 4.30. The van der Waals surface area contributed by atoms with Gasteiger partial charge in [-0.1, -0.05) is 19.3 Å². The minimum absolute atomic E-state index is 0.0744. The molecule has 1 N–H and O–H groups in total. The molecule has 3 aliphatic rings. The zero-order valence-electron chi connectivity index (χ0n) is 10.7. The number of hydrogen-bond donors (Lipinski definition) is 1. The molecule has 3 rings (SSSR count). The minimum Gasteiger partial charge on any atom is -0.391 e. The maximum atomic E-state index is 10.2. The summed E-state index contributed by atoms with van der Waals surface area (Å²) in [5.74, 6) is 0. The van der Waals surface area contributed by atoms with Crippen molar-refractivity contribution in [1.29, 1.82) is 0 Å². The fourth-order valence-corrected chi connectivity index (χ4v) is 3.86. The van der Waals surface area contributed by atoms with Gasteiger partial charge in [-0.05, 0) is 25.7 Å². The van der Waals surface area contributed by atoms with Crippen LogP contribution in [0.2, 0.25) is 0 Å². The van der Waals surface area contributed by atoms with E-state index in [4.69, 9.17) is 4.74 Å². The van der Waals surface area contributed by atoms with Gasteiger partial charge in [0, 0.05) is 37.8 Å². The van der Waals surface area contributed by atoms with Crippen LogP contribution in [-0.2, 0) is 4.74 Å². The van der Waals surface area contributed by atoms with Crippen LogP contribution in [0.25, 0.3) is 0 Å². The molecule has 2 saturated heterocycles. The molecule has 2 heterocycles. The summed E-state index contributed by atoms with van der Waals surface area (Å²) in [6.07, 6.45) is 8.41. The average molecular weight is 239 g/mol. The van der Waals surface area contributed by atoms with Crippen LogP contribution in [0.4, 0.5) is 0 Å². The summed E-state index contributed by atoms with van der Waals surface area (Å²) >= 11 is 0. The van der Waals surface area contributed by atoms with Crippen LogP contribution in [0.3, 0.4) is 0 Å². The Hall–Kier alpha value is -0.120. The summed E-state index contributed by atoms with van der Waals surface area (Å²) in [4.78, 5) is 2.54. The first-order chi connectivity index (χ1) is 8.29. The monoisotopic (exact) mass is 239 g/mol. The van der Waals surface area contributed by atoms with E-state index in [0.717, 1.165) is 19.6 Å². The Morgan fingerprint density at radius 3 is 2.47 bits per heavy atom. The van der Waals surface area contributed by atoms with Crippen LogP contribution in [0.5, 0.6) is 0 Å². The van der Waals surface area contributed by atoms with Gasteiger partial charge in [-0.25, -0.2) is 0 Å². The van der Waals surface area contributed by atoms with Gasteiger partial charge < -0.3 is 9.84 Å². The number of likely N-dealkylation sites (tertiary alicyclic amines) is 1. The lowest BCUT2D eigenvalue weighted by molar-refractivity contribution is -0.117. The van der Waals surface area contributed by atoms with Gasteiger partial charge in [-0.2, -0.15) is 0 Å². The van der Waals surface area contributed by atoms with Gasteiger partial charge >= 0.3 is 0 Å². The maximum absolute atomic E-state index is 10.2. The minimum atomic E-state index is -0.0744. The Balaban J connectivity index is 1.56. The highest BCUT2D eigenvalue weighted by molar-refractivity contribution is 5.00. The van der Waals surface area contributed by atoms with E-state index in [1.54, 1.807) is 0 Å². The predicted octanol–water partition coefficient (Wildman–Crippen LogP) is 1.79. The summed E-state index contributed by atoms with van der Waals surface area (Å²) < 4.78 is 5.45.